The van der Waals surface area contributed by atoms with Gasteiger partial charge in [0.25, 0.3) is 0 Å². The van der Waals surface area contributed by atoms with E-state index in [1.165, 1.54) is 0 Å². The van der Waals surface area contributed by atoms with E-state index < -0.39 is 0 Å². The average molecular weight is 249 g/mol. The topological polar surface area (TPSA) is 82.2 Å². The van der Waals surface area contributed by atoms with Gasteiger partial charge >= 0.3 is 0 Å². The molecule has 3 heterocycles. The predicted molar refractivity (Wildman–Crippen MR) is 63.9 cm³/mol. The fourth-order valence-corrected chi connectivity index (χ4v) is 2.45. The van der Waals surface area contributed by atoms with Gasteiger partial charge in [0.1, 0.15) is 5.69 Å². The molecule has 0 unspecified atom stereocenters. The van der Waals surface area contributed by atoms with Crippen LogP contribution in [0.3, 0.4) is 0 Å². The maximum atomic E-state index is 5.44. The van der Waals surface area contributed by atoms with Crippen LogP contribution >= 0.6 is 11.3 Å². The standard InChI is InChI=1S/C10H11N5OS/c1-6-8(13-10-15(6)4-5-17-10)9-12-7(2-3-11)16-14-9/h4-5H,2-3,11H2,1H3. The molecule has 2 N–H and O–H groups in total. The van der Waals surface area contributed by atoms with E-state index in [4.69, 9.17) is 10.3 Å². The number of fused-ring (bicyclic) bond motifs is 1. The highest BCUT2D eigenvalue weighted by molar-refractivity contribution is 7.15. The van der Waals surface area contributed by atoms with Crippen molar-refractivity contribution in [2.75, 3.05) is 6.54 Å². The van der Waals surface area contributed by atoms with E-state index in [0.717, 1.165) is 16.3 Å². The Balaban J connectivity index is 2.06. The van der Waals surface area contributed by atoms with Crippen LogP contribution in [0.5, 0.6) is 0 Å². The summed E-state index contributed by atoms with van der Waals surface area (Å²) in [5, 5.41) is 5.92. The van der Waals surface area contributed by atoms with Gasteiger partial charge in [-0.1, -0.05) is 5.16 Å². The molecule has 17 heavy (non-hydrogen) atoms. The number of imidazole rings is 1. The predicted octanol–water partition coefficient (Wildman–Crippen LogP) is 1.26. The molecule has 0 saturated carbocycles. The van der Waals surface area contributed by atoms with Gasteiger partial charge in [-0.3, -0.25) is 4.40 Å². The minimum absolute atomic E-state index is 0.499. The molecule has 3 aromatic rings. The second kappa shape index (κ2) is 3.94. The summed E-state index contributed by atoms with van der Waals surface area (Å²) in [5.41, 5.74) is 7.22. The maximum Gasteiger partial charge on any atom is 0.228 e. The Hall–Kier alpha value is -1.73. The van der Waals surface area contributed by atoms with Gasteiger partial charge in [-0.15, -0.1) is 11.3 Å². The van der Waals surface area contributed by atoms with Gasteiger partial charge in [0.05, 0.1) is 5.69 Å². The summed E-state index contributed by atoms with van der Waals surface area (Å²) in [6.45, 7) is 2.49. The molecule has 0 amide bonds. The molecule has 0 fully saturated rings. The number of aryl methyl sites for hydroxylation is 1. The van der Waals surface area contributed by atoms with E-state index in [1.807, 2.05) is 22.9 Å². The molecule has 0 radical (unpaired) electrons. The normalized spacial score (nSPS) is 11.4. The molecule has 3 rings (SSSR count). The highest BCUT2D eigenvalue weighted by Crippen LogP contribution is 2.23. The molecule has 88 valence electrons. The van der Waals surface area contributed by atoms with Crippen molar-refractivity contribution in [2.24, 2.45) is 5.73 Å². The van der Waals surface area contributed by atoms with Gasteiger partial charge in [0.15, 0.2) is 4.96 Å². The molecular weight excluding hydrogens is 238 g/mol. The zero-order valence-electron chi connectivity index (χ0n) is 9.25. The van der Waals surface area contributed by atoms with E-state index >= 15 is 0 Å². The van der Waals surface area contributed by atoms with E-state index in [1.54, 1.807) is 11.3 Å². The fourth-order valence-electron chi connectivity index (χ4n) is 1.69. The number of nitrogens with two attached hydrogens (primary N) is 1. The lowest BCUT2D eigenvalue weighted by Crippen LogP contribution is -2.02. The van der Waals surface area contributed by atoms with Crippen molar-refractivity contribution in [3.8, 4) is 11.5 Å². The monoisotopic (exact) mass is 249 g/mol. The van der Waals surface area contributed by atoms with Gasteiger partial charge in [0.2, 0.25) is 11.7 Å². The Morgan fingerprint density at radius 3 is 3.12 bits per heavy atom. The zero-order valence-corrected chi connectivity index (χ0v) is 10.1. The fraction of sp³-hybridized carbons (Fsp3) is 0.300. The van der Waals surface area contributed by atoms with Crippen molar-refractivity contribution in [1.82, 2.24) is 19.5 Å². The van der Waals surface area contributed by atoms with Crippen LogP contribution in [0.2, 0.25) is 0 Å². The van der Waals surface area contributed by atoms with Crippen molar-refractivity contribution in [1.29, 1.82) is 0 Å². The summed E-state index contributed by atoms with van der Waals surface area (Å²) in [7, 11) is 0. The molecule has 0 aliphatic heterocycles. The lowest BCUT2D eigenvalue weighted by molar-refractivity contribution is 0.380. The Morgan fingerprint density at radius 2 is 2.35 bits per heavy atom. The Bertz CT molecular complexity index is 653. The largest absolute Gasteiger partial charge is 0.339 e. The minimum Gasteiger partial charge on any atom is -0.339 e. The van der Waals surface area contributed by atoms with Crippen LogP contribution in [-0.2, 0) is 6.42 Å². The summed E-state index contributed by atoms with van der Waals surface area (Å²) < 4.78 is 7.11. The van der Waals surface area contributed by atoms with E-state index in [9.17, 15) is 0 Å². The second-order valence-electron chi connectivity index (χ2n) is 3.65. The molecule has 6 nitrogen and oxygen atoms in total. The first-order valence-electron chi connectivity index (χ1n) is 5.25. The number of aromatic nitrogens is 4. The molecule has 0 saturated heterocycles. The van der Waals surface area contributed by atoms with E-state index in [-0.39, 0.29) is 0 Å². The Morgan fingerprint density at radius 1 is 1.47 bits per heavy atom. The van der Waals surface area contributed by atoms with Crippen molar-refractivity contribution in [3.05, 3.63) is 23.2 Å². The first-order chi connectivity index (χ1) is 8.29. The highest BCUT2D eigenvalue weighted by Gasteiger charge is 2.16. The number of rotatable bonds is 3. The van der Waals surface area contributed by atoms with Crippen LogP contribution in [0.25, 0.3) is 16.5 Å². The molecule has 0 spiro atoms. The highest BCUT2D eigenvalue weighted by atomic mass is 32.1. The van der Waals surface area contributed by atoms with Crippen LogP contribution in [0, 0.1) is 6.92 Å². The van der Waals surface area contributed by atoms with Crippen molar-refractivity contribution < 1.29 is 4.52 Å². The van der Waals surface area contributed by atoms with E-state index in [0.29, 0.717) is 24.7 Å². The molecular formula is C10H11N5OS. The molecule has 0 bridgehead atoms. The molecule has 0 aliphatic rings. The maximum absolute atomic E-state index is 5.44. The summed E-state index contributed by atoms with van der Waals surface area (Å²) in [5.74, 6) is 1.08. The summed E-state index contributed by atoms with van der Waals surface area (Å²) in [6.07, 6.45) is 2.57. The lowest BCUT2D eigenvalue weighted by atomic mass is 10.3. The van der Waals surface area contributed by atoms with Crippen LogP contribution in [0.4, 0.5) is 0 Å². The number of hydrogen-bond donors (Lipinski definition) is 1. The Kier molecular flexibility index (Phi) is 2.41. The molecule has 3 aromatic heterocycles. The molecule has 0 aromatic carbocycles. The molecule has 0 atom stereocenters. The summed E-state index contributed by atoms with van der Waals surface area (Å²) >= 11 is 1.58. The SMILES string of the molecule is Cc1c(-c2noc(CCN)n2)nc2sccn12. The average Bonchev–Trinajstić information content (AvgIpc) is 2.97. The van der Waals surface area contributed by atoms with Gasteiger partial charge in [-0.25, -0.2) is 4.98 Å². The minimum atomic E-state index is 0.499. The van der Waals surface area contributed by atoms with Crippen molar-refractivity contribution in [3.63, 3.8) is 0 Å². The van der Waals surface area contributed by atoms with E-state index in [2.05, 4.69) is 15.1 Å². The zero-order chi connectivity index (χ0) is 11.8. The Labute approximate surface area is 101 Å². The van der Waals surface area contributed by atoms with Crippen molar-refractivity contribution >= 4 is 16.3 Å². The smallest absolute Gasteiger partial charge is 0.228 e. The number of hydrogen-bond acceptors (Lipinski definition) is 6. The van der Waals surface area contributed by atoms with Gasteiger partial charge in [0, 0.05) is 24.5 Å². The third kappa shape index (κ3) is 1.63. The van der Waals surface area contributed by atoms with Crippen LogP contribution in [0.1, 0.15) is 11.6 Å². The van der Waals surface area contributed by atoms with Crippen LogP contribution in [0.15, 0.2) is 16.1 Å². The van der Waals surface area contributed by atoms with Gasteiger partial charge in [-0.05, 0) is 6.92 Å². The van der Waals surface area contributed by atoms with Gasteiger partial charge < -0.3 is 10.3 Å². The first kappa shape index (κ1) is 10.4. The summed E-state index contributed by atoms with van der Waals surface area (Å²) in [6, 6.07) is 0. The third-order valence-corrected chi connectivity index (χ3v) is 3.30. The molecule has 7 heteroatoms. The number of nitrogens with zero attached hydrogens (tertiary/aromatic N) is 4. The van der Waals surface area contributed by atoms with Crippen molar-refractivity contribution in [2.45, 2.75) is 13.3 Å². The number of thiazole rings is 1. The summed E-state index contributed by atoms with van der Waals surface area (Å²) in [4.78, 5) is 9.69. The first-order valence-corrected chi connectivity index (χ1v) is 6.12. The van der Waals surface area contributed by atoms with Gasteiger partial charge in [-0.2, -0.15) is 4.98 Å². The lowest BCUT2D eigenvalue weighted by Gasteiger charge is -1.90. The molecule has 0 aliphatic carbocycles. The quantitative estimate of drug-likeness (QED) is 0.755. The van der Waals surface area contributed by atoms with Crippen LogP contribution in [-0.4, -0.2) is 26.1 Å². The third-order valence-electron chi connectivity index (χ3n) is 2.54. The second-order valence-corrected chi connectivity index (χ2v) is 4.52. The van der Waals surface area contributed by atoms with Crippen LogP contribution < -0.4 is 5.73 Å².